The Kier molecular flexibility index (Phi) is 4.37. The number of sulfone groups is 1. The Morgan fingerprint density at radius 3 is 2.35 bits per heavy atom. The number of carbonyl (C=O) groups excluding carboxylic acids is 2. The third-order valence-electron chi connectivity index (χ3n) is 4.01. The topological polar surface area (TPSA) is 81.9 Å². The number of carbonyl (C=O) groups is 2. The quantitative estimate of drug-likeness (QED) is 0.303. The maximum absolute atomic E-state index is 13.2. The van der Waals surface area contributed by atoms with Gasteiger partial charge >= 0.3 is 5.97 Å². The zero-order chi connectivity index (χ0) is 19.1. The van der Waals surface area contributed by atoms with Gasteiger partial charge in [-0.2, -0.15) is 0 Å². The van der Waals surface area contributed by atoms with Crippen LogP contribution in [0, 0.1) is 12.7 Å². The van der Waals surface area contributed by atoms with E-state index in [1.807, 2.05) is 0 Å². The molecular weight excluding hydrogens is 361 g/mol. The highest BCUT2D eigenvalue weighted by Crippen LogP contribution is 2.32. The second-order valence-corrected chi connectivity index (χ2v) is 7.42. The predicted octanol–water partition coefficient (Wildman–Crippen LogP) is 2.58. The summed E-state index contributed by atoms with van der Waals surface area (Å²) in [5, 5.41) is 0. The predicted molar refractivity (Wildman–Crippen MR) is 90.3 cm³/mol. The fourth-order valence-electron chi connectivity index (χ4n) is 2.84. The maximum Gasteiger partial charge on any atom is 0.381 e. The van der Waals surface area contributed by atoms with E-state index in [4.69, 9.17) is 0 Å². The van der Waals surface area contributed by atoms with Crippen molar-refractivity contribution in [3.8, 4) is 0 Å². The molecule has 0 N–H and O–H groups in total. The minimum Gasteiger partial charge on any atom is -0.463 e. The van der Waals surface area contributed by atoms with E-state index in [-0.39, 0.29) is 26.6 Å². The molecule has 6 nitrogen and oxygen atoms in total. The van der Waals surface area contributed by atoms with Crippen LogP contribution in [0.1, 0.15) is 16.1 Å². The minimum atomic E-state index is -4.05. The zero-order valence-corrected chi connectivity index (χ0v) is 14.7. The van der Waals surface area contributed by atoms with Crippen molar-refractivity contribution in [1.82, 2.24) is 4.40 Å². The van der Waals surface area contributed by atoms with Gasteiger partial charge in [-0.15, -0.1) is 0 Å². The summed E-state index contributed by atoms with van der Waals surface area (Å²) in [4.78, 5) is 23.9. The molecule has 0 aliphatic rings. The van der Waals surface area contributed by atoms with Crippen molar-refractivity contribution < 1.29 is 27.1 Å². The summed E-state index contributed by atoms with van der Waals surface area (Å²) in [5.41, 5.74) is 0.269. The van der Waals surface area contributed by atoms with E-state index >= 15 is 0 Å². The van der Waals surface area contributed by atoms with Crippen LogP contribution in [-0.2, 0) is 19.4 Å². The van der Waals surface area contributed by atoms with Crippen molar-refractivity contribution in [1.29, 1.82) is 0 Å². The molecule has 134 valence electrons. The van der Waals surface area contributed by atoms with Gasteiger partial charge in [-0.3, -0.25) is 4.79 Å². The lowest BCUT2D eigenvalue weighted by Gasteiger charge is -2.05. The highest BCUT2D eigenvalue weighted by atomic mass is 32.2. The Morgan fingerprint density at radius 2 is 1.73 bits per heavy atom. The van der Waals surface area contributed by atoms with Crippen LogP contribution in [-0.4, -0.2) is 31.7 Å². The number of benzene rings is 1. The first-order valence-electron chi connectivity index (χ1n) is 7.52. The van der Waals surface area contributed by atoms with Gasteiger partial charge in [-0.05, 0) is 48.9 Å². The summed E-state index contributed by atoms with van der Waals surface area (Å²) in [7, 11) is -2.98. The standard InChI is InChI=1S/C18H14FNO5S/c1-11-15(16(21)18(22)25-2)20-10-4-3-5-14(20)17(11)26(23,24)13-8-6-12(19)7-9-13/h3-10H,1-2H3. The number of nitrogens with zero attached hydrogens (tertiary/aromatic N) is 1. The van der Waals surface area contributed by atoms with Crippen molar-refractivity contribution >= 4 is 27.1 Å². The normalized spacial score (nSPS) is 11.5. The van der Waals surface area contributed by atoms with Gasteiger partial charge in [-0.25, -0.2) is 17.6 Å². The van der Waals surface area contributed by atoms with E-state index in [0.29, 0.717) is 0 Å². The molecule has 3 aromatic rings. The van der Waals surface area contributed by atoms with Crippen molar-refractivity contribution in [2.45, 2.75) is 16.7 Å². The molecule has 2 heterocycles. The third-order valence-corrected chi connectivity index (χ3v) is 5.95. The second kappa shape index (κ2) is 6.38. The Balaban J connectivity index is 2.34. The second-order valence-electron chi connectivity index (χ2n) is 5.54. The zero-order valence-electron chi connectivity index (χ0n) is 13.9. The Hall–Kier alpha value is -3.00. The first-order chi connectivity index (χ1) is 12.3. The summed E-state index contributed by atoms with van der Waals surface area (Å²) in [6.45, 7) is 1.44. The number of esters is 1. The van der Waals surface area contributed by atoms with Crippen LogP contribution in [0.2, 0.25) is 0 Å². The van der Waals surface area contributed by atoms with Gasteiger partial charge in [0.05, 0.1) is 17.5 Å². The van der Waals surface area contributed by atoms with Gasteiger partial charge in [0.1, 0.15) is 16.4 Å². The van der Waals surface area contributed by atoms with Crippen LogP contribution >= 0.6 is 0 Å². The number of hydrogen-bond donors (Lipinski definition) is 0. The molecule has 2 aromatic heterocycles. The molecule has 0 aliphatic carbocycles. The van der Waals surface area contributed by atoms with Gasteiger partial charge in [0.15, 0.2) is 0 Å². The highest BCUT2D eigenvalue weighted by molar-refractivity contribution is 7.91. The van der Waals surface area contributed by atoms with Crippen LogP contribution in [0.4, 0.5) is 4.39 Å². The van der Waals surface area contributed by atoms with Gasteiger partial charge in [-0.1, -0.05) is 6.07 Å². The summed E-state index contributed by atoms with van der Waals surface area (Å²) < 4.78 is 45.1. The van der Waals surface area contributed by atoms with Gasteiger partial charge in [0.25, 0.3) is 5.78 Å². The molecule has 0 saturated carbocycles. The van der Waals surface area contributed by atoms with Crippen molar-refractivity contribution in [2.75, 3.05) is 7.11 Å². The third kappa shape index (κ3) is 2.68. The number of ketones is 1. The largest absolute Gasteiger partial charge is 0.463 e. The number of methoxy groups -OCH3 is 1. The van der Waals surface area contributed by atoms with Crippen molar-refractivity contribution in [3.05, 3.63) is 65.7 Å². The lowest BCUT2D eigenvalue weighted by Crippen LogP contribution is -2.18. The van der Waals surface area contributed by atoms with Crippen LogP contribution in [0.5, 0.6) is 0 Å². The molecule has 0 saturated heterocycles. The van der Waals surface area contributed by atoms with Crippen molar-refractivity contribution in [2.24, 2.45) is 0 Å². The molecule has 0 bridgehead atoms. The fourth-order valence-corrected chi connectivity index (χ4v) is 4.51. The molecule has 8 heteroatoms. The molecule has 0 spiro atoms. The van der Waals surface area contributed by atoms with Gasteiger partial charge < -0.3 is 9.14 Å². The minimum absolute atomic E-state index is 0.0897. The number of rotatable bonds is 4. The summed E-state index contributed by atoms with van der Waals surface area (Å²) in [6, 6.07) is 9.13. The highest BCUT2D eigenvalue weighted by Gasteiger charge is 2.32. The molecule has 0 unspecified atom stereocenters. The average molecular weight is 375 g/mol. The number of pyridine rings is 1. The van der Waals surface area contributed by atoms with E-state index in [9.17, 15) is 22.4 Å². The molecular formula is C18H14FNO5S. The van der Waals surface area contributed by atoms with Gasteiger partial charge in [0.2, 0.25) is 9.84 Å². The lowest BCUT2D eigenvalue weighted by atomic mass is 10.2. The van der Waals surface area contributed by atoms with E-state index in [1.165, 1.54) is 23.6 Å². The first kappa shape index (κ1) is 17.8. The van der Waals surface area contributed by atoms with Crippen LogP contribution < -0.4 is 0 Å². The summed E-state index contributed by atoms with van der Waals surface area (Å²) >= 11 is 0. The monoisotopic (exact) mass is 375 g/mol. The Bertz CT molecular complexity index is 1130. The molecule has 0 amide bonds. The lowest BCUT2D eigenvalue weighted by molar-refractivity contribution is -0.135. The van der Waals surface area contributed by atoms with Crippen LogP contribution in [0.25, 0.3) is 5.52 Å². The number of halogens is 1. The van der Waals surface area contributed by atoms with E-state index < -0.39 is 27.4 Å². The molecule has 0 atom stereocenters. The smallest absolute Gasteiger partial charge is 0.381 e. The fraction of sp³-hybridized carbons (Fsp3) is 0.111. The van der Waals surface area contributed by atoms with E-state index in [0.717, 1.165) is 31.4 Å². The summed E-state index contributed by atoms with van der Waals surface area (Å²) in [5.74, 6) is -2.61. The number of fused-ring (bicyclic) bond motifs is 1. The van der Waals surface area contributed by atoms with Crippen molar-refractivity contribution in [3.63, 3.8) is 0 Å². The number of ether oxygens (including phenoxy) is 1. The Morgan fingerprint density at radius 1 is 1.08 bits per heavy atom. The van der Waals surface area contributed by atoms with E-state index in [2.05, 4.69) is 4.74 Å². The SMILES string of the molecule is COC(=O)C(=O)c1c(C)c(S(=O)(=O)c2ccc(F)cc2)c2ccccn12. The molecule has 3 rings (SSSR count). The van der Waals surface area contributed by atoms with E-state index in [1.54, 1.807) is 12.1 Å². The number of hydrogen-bond acceptors (Lipinski definition) is 5. The maximum atomic E-state index is 13.2. The first-order valence-corrected chi connectivity index (χ1v) is 9.00. The average Bonchev–Trinajstić information content (AvgIpc) is 2.93. The van der Waals surface area contributed by atoms with Crippen LogP contribution in [0.15, 0.2) is 58.5 Å². The van der Waals surface area contributed by atoms with Crippen LogP contribution in [0.3, 0.4) is 0 Å². The number of Topliss-reactive ketones (excluding diaryl/α,β-unsaturated/α-hetero) is 1. The molecule has 26 heavy (non-hydrogen) atoms. The Labute approximate surface area is 148 Å². The molecule has 0 radical (unpaired) electrons. The summed E-state index contributed by atoms with van der Waals surface area (Å²) in [6.07, 6.45) is 1.49. The molecule has 0 fully saturated rings. The van der Waals surface area contributed by atoms with Gasteiger partial charge in [0, 0.05) is 6.20 Å². The molecule has 1 aromatic carbocycles. The molecule has 0 aliphatic heterocycles. The number of aromatic nitrogens is 1.